The number of ketones is 1. The second kappa shape index (κ2) is 4.11. The van der Waals surface area contributed by atoms with Crippen LogP contribution in [0.15, 0.2) is 53.3 Å². The number of rotatable bonds is 3. The summed E-state index contributed by atoms with van der Waals surface area (Å²) in [4.78, 5) is 11.8. The predicted molar refractivity (Wildman–Crippen MR) is 56.4 cm³/mol. The highest BCUT2D eigenvalue weighted by molar-refractivity contribution is 6.00. The van der Waals surface area contributed by atoms with Gasteiger partial charge in [0.1, 0.15) is 6.26 Å². The second-order valence-electron chi connectivity index (χ2n) is 3.26. The minimum Gasteiger partial charge on any atom is -0.472 e. The Morgan fingerprint density at radius 1 is 1.20 bits per heavy atom. The van der Waals surface area contributed by atoms with Crippen LogP contribution in [0.5, 0.6) is 0 Å². The van der Waals surface area contributed by atoms with Crippen molar-refractivity contribution in [1.29, 1.82) is 0 Å². The van der Waals surface area contributed by atoms with Gasteiger partial charge >= 0.3 is 0 Å². The number of carbonyl (C=O) groups excluding carboxylic acids is 1. The molecule has 0 spiro atoms. The van der Waals surface area contributed by atoms with E-state index in [9.17, 15) is 4.79 Å². The lowest BCUT2D eigenvalue weighted by molar-refractivity contribution is 0.0960. The zero-order chi connectivity index (χ0) is 10.7. The molecule has 1 heterocycles. The van der Waals surface area contributed by atoms with Crippen molar-refractivity contribution in [2.75, 3.05) is 0 Å². The molecular formula is C12H11NO2. The average molecular weight is 201 g/mol. The SMILES string of the molecule is NC(C(=O)c1ccoc1)c1ccccc1. The van der Waals surface area contributed by atoms with Crippen molar-refractivity contribution in [3.8, 4) is 0 Å². The number of benzene rings is 1. The smallest absolute Gasteiger partial charge is 0.187 e. The molecule has 0 amide bonds. The molecule has 0 saturated carbocycles. The van der Waals surface area contributed by atoms with E-state index in [1.54, 1.807) is 6.07 Å². The van der Waals surface area contributed by atoms with Gasteiger partial charge in [0.15, 0.2) is 5.78 Å². The predicted octanol–water partition coefficient (Wildman–Crippen LogP) is 2.16. The van der Waals surface area contributed by atoms with E-state index in [0.717, 1.165) is 5.56 Å². The molecule has 3 nitrogen and oxygen atoms in total. The molecule has 76 valence electrons. The highest BCUT2D eigenvalue weighted by Crippen LogP contribution is 2.15. The highest BCUT2D eigenvalue weighted by Gasteiger charge is 2.17. The molecule has 0 bridgehead atoms. The van der Waals surface area contributed by atoms with Crippen LogP contribution < -0.4 is 5.73 Å². The van der Waals surface area contributed by atoms with Crippen LogP contribution in [-0.2, 0) is 0 Å². The monoisotopic (exact) mass is 201 g/mol. The van der Waals surface area contributed by atoms with Crippen molar-refractivity contribution in [2.24, 2.45) is 5.73 Å². The molecule has 2 rings (SSSR count). The highest BCUT2D eigenvalue weighted by atomic mass is 16.3. The van der Waals surface area contributed by atoms with Gasteiger partial charge in [-0.05, 0) is 11.6 Å². The molecule has 1 aromatic carbocycles. The van der Waals surface area contributed by atoms with Gasteiger partial charge in [0.05, 0.1) is 17.9 Å². The third kappa shape index (κ3) is 1.97. The Bertz CT molecular complexity index is 434. The van der Waals surface area contributed by atoms with Crippen LogP contribution in [0.1, 0.15) is 22.0 Å². The Labute approximate surface area is 87.5 Å². The largest absolute Gasteiger partial charge is 0.472 e. The summed E-state index contributed by atoms with van der Waals surface area (Å²) in [6.45, 7) is 0. The van der Waals surface area contributed by atoms with E-state index in [4.69, 9.17) is 10.2 Å². The third-order valence-corrected chi connectivity index (χ3v) is 2.25. The minimum absolute atomic E-state index is 0.130. The van der Waals surface area contributed by atoms with E-state index in [1.807, 2.05) is 30.3 Å². The number of hydrogen-bond acceptors (Lipinski definition) is 3. The van der Waals surface area contributed by atoms with Crippen LogP contribution in [-0.4, -0.2) is 5.78 Å². The molecule has 0 radical (unpaired) electrons. The van der Waals surface area contributed by atoms with Crippen LogP contribution in [0.3, 0.4) is 0 Å². The van der Waals surface area contributed by atoms with Gasteiger partial charge in [-0.25, -0.2) is 0 Å². The summed E-state index contributed by atoms with van der Waals surface area (Å²) >= 11 is 0. The summed E-state index contributed by atoms with van der Waals surface area (Å²) < 4.78 is 4.85. The van der Waals surface area contributed by atoms with Crippen molar-refractivity contribution in [3.63, 3.8) is 0 Å². The van der Waals surface area contributed by atoms with Gasteiger partial charge in [-0.1, -0.05) is 30.3 Å². The molecule has 1 aromatic heterocycles. The lowest BCUT2D eigenvalue weighted by atomic mass is 10.0. The Balaban J connectivity index is 2.23. The number of Topliss-reactive ketones (excluding diaryl/α,β-unsaturated/α-hetero) is 1. The van der Waals surface area contributed by atoms with Crippen LogP contribution in [0.4, 0.5) is 0 Å². The Hall–Kier alpha value is -1.87. The van der Waals surface area contributed by atoms with Gasteiger partial charge in [-0.2, -0.15) is 0 Å². The molecule has 1 atom stereocenters. The molecule has 0 aliphatic rings. The first kappa shape index (κ1) is 9.68. The van der Waals surface area contributed by atoms with Gasteiger partial charge in [0, 0.05) is 0 Å². The van der Waals surface area contributed by atoms with Crippen LogP contribution >= 0.6 is 0 Å². The minimum atomic E-state index is -0.621. The maximum absolute atomic E-state index is 11.8. The van der Waals surface area contributed by atoms with E-state index < -0.39 is 6.04 Å². The first-order valence-corrected chi connectivity index (χ1v) is 4.66. The molecule has 0 aliphatic carbocycles. The molecule has 2 aromatic rings. The number of nitrogens with two attached hydrogens (primary N) is 1. The zero-order valence-electron chi connectivity index (χ0n) is 8.09. The first-order valence-electron chi connectivity index (χ1n) is 4.66. The third-order valence-electron chi connectivity index (χ3n) is 2.25. The van der Waals surface area contributed by atoms with E-state index in [2.05, 4.69) is 0 Å². The Morgan fingerprint density at radius 3 is 2.53 bits per heavy atom. The van der Waals surface area contributed by atoms with Crippen molar-refractivity contribution in [3.05, 3.63) is 60.1 Å². The fourth-order valence-electron chi connectivity index (χ4n) is 1.40. The van der Waals surface area contributed by atoms with Gasteiger partial charge < -0.3 is 10.2 Å². The van der Waals surface area contributed by atoms with Crippen LogP contribution in [0.2, 0.25) is 0 Å². The van der Waals surface area contributed by atoms with E-state index in [0.29, 0.717) is 5.56 Å². The number of carbonyl (C=O) groups is 1. The van der Waals surface area contributed by atoms with Gasteiger partial charge in [-0.3, -0.25) is 4.79 Å². The van der Waals surface area contributed by atoms with Crippen LogP contribution in [0, 0.1) is 0 Å². The Kier molecular flexibility index (Phi) is 2.65. The fraction of sp³-hybridized carbons (Fsp3) is 0.0833. The van der Waals surface area contributed by atoms with Gasteiger partial charge in [0.2, 0.25) is 0 Å². The Morgan fingerprint density at radius 2 is 1.93 bits per heavy atom. The molecule has 1 unspecified atom stereocenters. The van der Waals surface area contributed by atoms with Crippen molar-refractivity contribution < 1.29 is 9.21 Å². The van der Waals surface area contributed by atoms with Gasteiger partial charge in [0.25, 0.3) is 0 Å². The lowest BCUT2D eigenvalue weighted by Gasteiger charge is -2.08. The molecular weight excluding hydrogens is 190 g/mol. The quantitative estimate of drug-likeness (QED) is 0.774. The summed E-state index contributed by atoms with van der Waals surface area (Å²) in [5.74, 6) is -0.130. The summed E-state index contributed by atoms with van der Waals surface area (Å²) in [6.07, 6.45) is 2.87. The first-order chi connectivity index (χ1) is 7.29. The topological polar surface area (TPSA) is 56.2 Å². The van der Waals surface area contributed by atoms with E-state index in [-0.39, 0.29) is 5.78 Å². The maximum atomic E-state index is 11.8. The molecule has 0 fully saturated rings. The maximum Gasteiger partial charge on any atom is 0.187 e. The number of furan rings is 1. The molecule has 15 heavy (non-hydrogen) atoms. The van der Waals surface area contributed by atoms with E-state index >= 15 is 0 Å². The van der Waals surface area contributed by atoms with Crippen molar-refractivity contribution >= 4 is 5.78 Å². The van der Waals surface area contributed by atoms with Gasteiger partial charge in [-0.15, -0.1) is 0 Å². The van der Waals surface area contributed by atoms with Crippen molar-refractivity contribution in [1.82, 2.24) is 0 Å². The second-order valence-corrected chi connectivity index (χ2v) is 3.26. The molecule has 0 saturated heterocycles. The molecule has 2 N–H and O–H groups in total. The van der Waals surface area contributed by atoms with E-state index in [1.165, 1.54) is 12.5 Å². The summed E-state index contributed by atoms with van der Waals surface area (Å²) in [6, 6.07) is 10.3. The summed E-state index contributed by atoms with van der Waals surface area (Å²) in [7, 11) is 0. The average Bonchev–Trinajstić information content (AvgIpc) is 2.82. The van der Waals surface area contributed by atoms with Crippen LogP contribution in [0.25, 0.3) is 0 Å². The molecule has 0 aliphatic heterocycles. The summed E-state index contributed by atoms with van der Waals surface area (Å²) in [5, 5.41) is 0. The zero-order valence-corrected chi connectivity index (χ0v) is 8.09. The molecule has 3 heteroatoms. The normalized spacial score (nSPS) is 12.3. The van der Waals surface area contributed by atoms with Crippen molar-refractivity contribution in [2.45, 2.75) is 6.04 Å². The number of hydrogen-bond donors (Lipinski definition) is 1. The fourth-order valence-corrected chi connectivity index (χ4v) is 1.40. The lowest BCUT2D eigenvalue weighted by Crippen LogP contribution is -2.20. The summed E-state index contributed by atoms with van der Waals surface area (Å²) in [5.41, 5.74) is 7.15. The standard InChI is InChI=1S/C12H11NO2/c13-11(9-4-2-1-3-5-9)12(14)10-6-7-15-8-10/h1-8,11H,13H2.